The molecule has 0 fully saturated rings. The van der Waals surface area contributed by atoms with Crippen molar-refractivity contribution in [2.75, 3.05) is 5.32 Å². The Labute approximate surface area is 135 Å². The van der Waals surface area contributed by atoms with Gasteiger partial charge in [-0.25, -0.2) is 13.2 Å². The van der Waals surface area contributed by atoms with Crippen LogP contribution in [0.4, 0.5) is 18.9 Å². The van der Waals surface area contributed by atoms with Crippen LogP contribution in [0.25, 0.3) is 0 Å². The monoisotopic (exact) mass is 337 g/mol. The molecule has 5 nitrogen and oxygen atoms in total. The third-order valence-electron chi connectivity index (χ3n) is 3.01. The number of amidine groups is 1. The number of nitrogens with zero attached hydrogens (tertiary/aromatic N) is 1. The van der Waals surface area contributed by atoms with Gasteiger partial charge in [0.05, 0.1) is 0 Å². The second kappa shape index (κ2) is 7.49. The largest absolute Gasteiger partial charge is 0.381 e. The SMILES string of the molecule is CC(O/N=C(/N)c1ccc(F)cc1)C(=O)Nc1ccc(F)c(F)c1. The molecular weight excluding hydrogens is 323 g/mol. The van der Waals surface area contributed by atoms with Crippen LogP contribution in [0.5, 0.6) is 0 Å². The minimum Gasteiger partial charge on any atom is -0.381 e. The van der Waals surface area contributed by atoms with Gasteiger partial charge < -0.3 is 15.9 Å². The van der Waals surface area contributed by atoms with Crippen molar-refractivity contribution in [3.05, 3.63) is 65.5 Å². The molecule has 0 saturated carbocycles. The van der Waals surface area contributed by atoms with Gasteiger partial charge in [0.15, 0.2) is 17.5 Å². The molecule has 0 aliphatic heterocycles. The van der Waals surface area contributed by atoms with Gasteiger partial charge in [-0.1, -0.05) is 5.16 Å². The van der Waals surface area contributed by atoms with Crippen molar-refractivity contribution in [2.24, 2.45) is 10.9 Å². The summed E-state index contributed by atoms with van der Waals surface area (Å²) in [6, 6.07) is 8.16. The van der Waals surface area contributed by atoms with E-state index in [0.29, 0.717) is 5.56 Å². The lowest BCUT2D eigenvalue weighted by Gasteiger charge is -2.11. The summed E-state index contributed by atoms with van der Waals surface area (Å²) >= 11 is 0. The molecule has 0 bridgehead atoms. The topological polar surface area (TPSA) is 76.7 Å². The number of nitrogens with two attached hydrogens (primary N) is 1. The molecule has 24 heavy (non-hydrogen) atoms. The van der Waals surface area contributed by atoms with Gasteiger partial charge in [-0.2, -0.15) is 0 Å². The predicted molar refractivity (Wildman–Crippen MR) is 82.7 cm³/mol. The zero-order chi connectivity index (χ0) is 17.7. The summed E-state index contributed by atoms with van der Waals surface area (Å²) < 4.78 is 38.7. The zero-order valence-corrected chi connectivity index (χ0v) is 12.6. The fourth-order valence-corrected chi connectivity index (χ4v) is 1.67. The fraction of sp³-hybridized carbons (Fsp3) is 0.125. The van der Waals surface area contributed by atoms with Crippen LogP contribution in [0.2, 0.25) is 0 Å². The van der Waals surface area contributed by atoms with Gasteiger partial charge in [0.25, 0.3) is 5.91 Å². The van der Waals surface area contributed by atoms with Gasteiger partial charge >= 0.3 is 0 Å². The molecule has 8 heteroatoms. The first kappa shape index (κ1) is 17.3. The van der Waals surface area contributed by atoms with Crippen LogP contribution >= 0.6 is 0 Å². The Bertz CT molecular complexity index is 764. The van der Waals surface area contributed by atoms with E-state index in [0.717, 1.165) is 12.1 Å². The highest BCUT2D eigenvalue weighted by atomic mass is 19.2. The third kappa shape index (κ3) is 4.48. The Morgan fingerprint density at radius 1 is 1.12 bits per heavy atom. The molecule has 0 aliphatic rings. The lowest BCUT2D eigenvalue weighted by molar-refractivity contribution is -0.126. The molecule has 1 amide bonds. The van der Waals surface area contributed by atoms with E-state index >= 15 is 0 Å². The van der Waals surface area contributed by atoms with E-state index in [1.807, 2.05) is 0 Å². The number of hydrogen-bond acceptors (Lipinski definition) is 3. The van der Waals surface area contributed by atoms with Gasteiger partial charge in [-0.05, 0) is 43.3 Å². The van der Waals surface area contributed by atoms with Crippen molar-refractivity contribution in [1.82, 2.24) is 0 Å². The number of halogens is 3. The Kier molecular flexibility index (Phi) is 5.41. The molecule has 0 saturated heterocycles. The van der Waals surface area contributed by atoms with Gasteiger partial charge in [0.2, 0.25) is 6.10 Å². The van der Waals surface area contributed by atoms with Crippen LogP contribution in [-0.4, -0.2) is 17.8 Å². The number of carbonyl (C=O) groups is 1. The highest BCUT2D eigenvalue weighted by Gasteiger charge is 2.15. The van der Waals surface area contributed by atoms with Crippen molar-refractivity contribution in [3.63, 3.8) is 0 Å². The first-order chi connectivity index (χ1) is 11.4. The molecule has 2 aromatic rings. The maximum absolute atomic E-state index is 13.1. The number of benzene rings is 2. The van der Waals surface area contributed by atoms with E-state index in [2.05, 4.69) is 10.5 Å². The Balaban J connectivity index is 1.96. The van der Waals surface area contributed by atoms with Crippen molar-refractivity contribution in [3.8, 4) is 0 Å². The molecule has 0 aromatic heterocycles. The number of amides is 1. The molecular formula is C16H14F3N3O2. The minimum absolute atomic E-state index is 0.0394. The standard InChI is InChI=1S/C16H14F3N3O2/c1-9(16(23)21-12-6-7-13(18)14(19)8-12)24-22-15(20)10-2-4-11(17)5-3-10/h2-9H,1H3,(H2,20,22)(H,21,23). The van der Waals surface area contributed by atoms with Crippen LogP contribution in [-0.2, 0) is 9.63 Å². The molecule has 1 atom stereocenters. The van der Waals surface area contributed by atoms with Gasteiger partial charge in [-0.15, -0.1) is 0 Å². The third-order valence-corrected chi connectivity index (χ3v) is 3.01. The maximum Gasteiger partial charge on any atom is 0.267 e. The number of rotatable bonds is 5. The number of nitrogens with one attached hydrogen (secondary N) is 1. The zero-order valence-electron chi connectivity index (χ0n) is 12.6. The number of anilines is 1. The molecule has 126 valence electrons. The summed E-state index contributed by atoms with van der Waals surface area (Å²) in [6.07, 6.45) is -1.04. The van der Waals surface area contributed by atoms with Crippen molar-refractivity contribution in [1.29, 1.82) is 0 Å². The van der Waals surface area contributed by atoms with Gasteiger partial charge in [0.1, 0.15) is 5.82 Å². The van der Waals surface area contributed by atoms with E-state index in [-0.39, 0.29) is 11.5 Å². The van der Waals surface area contributed by atoms with Crippen molar-refractivity contribution >= 4 is 17.4 Å². The summed E-state index contributed by atoms with van der Waals surface area (Å²) in [5.41, 5.74) is 6.16. The first-order valence-electron chi connectivity index (χ1n) is 6.88. The van der Waals surface area contributed by atoms with E-state index in [9.17, 15) is 18.0 Å². The predicted octanol–water partition coefficient (Wildman–Crippen LogP) is 2.77. The van der Waals surface area contributed by atoms with Gasteiger partial charge in [0, 0.05) is 17.3 Å². The van der Waals surface area contributed by atoms with Crippen LogP contribution in [0.15, 0.2) is 47.6 Å². The highest BCUT2D eigenvalue weighted by Crippen LogP contribution is 2.13. The van der Waals surface area contributed by atoms with E-state index < -0.39 is 29.5 Å². The second-order valence-corrected chi connectivity index (χ2v) is 4.85. The quantitative estimate of drug-likeness (QED) is 0.500. The second-order valence-electron chi connectivity index (χ2n) is 4.85. The summed E-state index contributed by atoms with van der Waals surface area (Å²) in [7, 11) is 0. The number of oxime groups is 1. The van der Waals surface area contributed by atoms with E-state index in [4.69, 9.17) is 10.6 Å². The molecule has 0 aliphatic carbocycles. The minimum atomic E-state index is -1.08. The lowest BCUT2D eigenvalue weighted by atomic mass is 10.2. The molecule has 2 aromatic carbocycles. The molecule has 1 unspecified atom stereocenters. The molecule has 0 heterocycles. The van der Waals surface area contributed by atoms with Gasteiger partial charge in [-0.3, -0.25) is 4.79 Å². The normalized spacial score (nSPS) is 12.6. The molecule has 2 rings (SSSR count). The summed E-state index contributed by atoms with van der Waals surface area (Å²) in [6.45, 7) is 1.40. The molecule has 0 radical (unpaired) electrons. The lowest BCUT2D eigenvalue weighted by Crippen LogP contribution is -2.27. The van der Waals surface area contributed by atoms with Crippen LogP contribution < -0.4 is 11.1 Å². The van der Waals surface area contributed by atoms with Crippen molar-refractivity contribution in [2.45, 2.75) is 13.0 Å². The first-order valence-corrected chi connectivity index (χ1v) is 6.88. The molecule has 0 spiro atoms. The Morgan fingerprint density at radius 2 is 1.79 bits per heavy atom. The Morgan fingerprint density at radius 3 is 2.42 bits per heavy atom. The summed E-state index contributed by atoms with van der Waals surface area (Å²) in [5.74, 6) is -3.19. The summed E-state index contributed by atoms with van der Waals surface area (Å²) in [4.78, 5) is 16.9. The molecule has 3 N–H and O–H groups in total. The average molecular weight is 337 g/mol. The van der Waals surface area contributed by atoms with Crippen molar-refractivity contribution < 1.29 is 22.8 Å². The average Bonchev–Trinajstić information content (AvgIpc) is 2.56. The fourth-order valence-electron chi connectivity index (χ4n) is 1.67. The maximum atomic E-state index is 13.1. The number of carbonyl (C=O) groups excluding carboxylic acids is 1. The van der Waals surface area contributed by atoms with E-state index in [1.54, 1.807) is 0 Å². The smallest absolute Gasteiger partial charge is 0.267 e. The number of hydrogen-bond donors (Lipinski definition) is 2. The Hall–Kier alpha value is -3.03. The van der Waals surface area contributed by atoms with Crippen LogP contribution in [0.3, 0.4) is 0 Å². The van der Waals surface area contributed by atoms with Crippen LogP contribution in [0.1, 0.15) is 12.5 Å². The van der Waals surface area contributed by atoms with Crippen LogP contribution in [0, 0.1) is 17.5 Å². The summed E-state index contributed by atoms with van der Waals surface area (Å²) in [5, 5.41) is 5.95. The highest BCUT2D eigenvalue weighted by molar-refractivity contribution is 5.97. The van der Waals surface area contributed by atoms with E-state index in [1.165, 1.54) is 37.3 Å².